The van der Waals surface area contributed by atoms with Crippen molar-refractivity contribution in [3.8, 4) is 33.8 Å². The molecule has 9 heteroatoms. The third-order valence-corrected chi connectivity index (χ3v) is 5.81. The predicted octanol–water partition coefficient (Wildman–Crippen LogP) is 4.84. The smallest absolute Gasteiger partial charge is 0.238 e. The number of nitrogens with two attached hydrogens (primary N) is 1. The van der Waals surface area contributed by atoms with Gasteiger partial charge in [0.25, 0.3) is 0 Å². The molecule has 3 aromatic carbocycles. The highest BCUT2D eigenvalue weighted by Gasteiger charge is 2.23. The molecule has 1 heterocycles. The second kappa shape index (κ2) is 6.93. The van der Waals surface area contributed by atoms with Crippen molar-refractivity contribution in [3.63, 3.8) is 0 Å². The van der Waals surface area contributed by atoms with E-state index in [-0.39, 0.29) is 21.7 Å². The van der Waals surface area contributed by atoms with Gasteiger partial charge in [0, 0.05) is 5.56 Å². The summed E-state index contributed by atoms with van der Waals surface area (Å²) in [5.41, 5.74) is 1.86. The lowest BCUT2D eigenvalue weighted by Crippen LogP contribution is -2.13. The maximum Gasteiger partial charge on any atom is 0.238 e. The van der Waals surface area contributed by atoms with Crippen molar-refractivity contribution < 1.29 is 22.3 Å². The first-order valence-corrected chi connectivity index (χ1v) is 10.3. The standard InChI is InChI=1S/C19H12Cl2FNO4S/c20-14-5-10(6-15(21)19(14)22)12-7-16-17(27-9-26-16)8-13(12)11-3-1-2-4-18(11)28(23,24)25/h1-8H,9H2,(H2,23,24,25). The number of sulfonamides is 1. The Balaban J connectivity index is 2.05. The van der Waals surface area contributed by atoms with Crippen molar-refractivity contribution >= 4 is 33.2 Å². The van der Waals surface area contributed by atoms with Gasteiger partial charge in [-0.1, -0.05) is 41.4 Å². The van der Waals surface area contributed by atoms with Gasteiger partial charge in [0.2, 0.25) is 16.8 Å². The maximum absolute atomic E-state index is 13.9. The van der Waals surface area contributed by atoms with Gasteiger partial charge >= 0.3 is 0 Å². The summed E-state index contributed by atoms with van der Waals surface area (Å²) < 4.78 is 48.9. The van der Waals surface area contributed by atoms with E-state index >= 15 is 0 Å². The van der Waals surface area contributed by atoms with Crippen molar-refractivity contribution in [1.29, 1.82) is 0 Å². The van der Waals surface area contributed by atoms with E-state index in [1.807, 2.05) is 0 Å². The molecule has 0 aliphatic carbocycles. The highest BCUT2D eigenvalue weighted by atomic mass is 35.5. The number of hydrogen-bond acceptors (Lipinski definition) is 4. The summed E-state index contributed by atoms with van der Waals surface area (Å²) in [6.07, 6.45) is 0. The zero-order valence-electron chi connectivity index (χ0n) is 14.1. The second-order valence-electron chi connectivity index (χ2n) is 6.05. The Morgan fingerprint density at radius 2 is 1.46 bits per heavy atom. The van der Waals surface area contributed by atoms with Crippen LogP contribution in [0.15, 0.2) is 53.4 Å². The number of rotatable bonds is 3. The molecule has 0 bridgehead atoms. The van der Waals surface area contributed by atoms with Crippen LogP contribution in [0.4, 0.5) is 4.39 Å². The number of benzene rings is 3. The van der Waals surface area contributed by atoms with Crippen molar-refractivity contribution in [2.75, 3.05) is 6.79 Å². The molecule has 1 aliphatic rings. The minimum Gasteiger partial charge on any atom is -0.454 e. The monoisotopic (exact) mass is 439 g/mol. The SMILES string of the molecule is NS(=O)(=O)c1ccccc1-c1cc2c(cc1-c1cc(Cl)c(F)c(Cl)c1)OCO2. The molecule has 2 N–H and O–H groups in total. The Morgan fingerprint density at radius 3 is 2.07 bits per heavy atom. The predicted molar refractivity (Wildman–Crippen MR) is 105 cm³/mol. The zero-order valence-corrected chi connectivity index (χ0v) is 16.4. The van der Waals surface area contributed by atoms with Gasteiger partial charge in [-0.15, -0.1) is 0 Å². The van der Waals surface area contributed by atoms with Crippen LogP contribution in [0.25, 0.3) is 22.3 Å². The first kappa shape index (κ1) is 19.0. The van der Waals surface area contributed by atoms with E-state index in [1.54, 1.807) is 30.3 Å². The molecule has 0 aromatic heterocycles. The molecule has 4 rings (SSSR count). The summed E-state index contributed by atoms with van der Waals surface area (Å²) in [6, 6.07) is 12.4. The van der Waals surface area contributed by atoms with Crippen LogP contribution in [0, 0.1) is 5.82 Å². The fraction of sp³-hybridized carbons (Fsp3) is 0.0526. The van der Waals surface area contributed by atoms with E-state index in [9.17, 15) is 12.8 Å². The molecule has 5 nitrogen and oxygen atoms in total. The normalized spacial score (nSPS) is 13.0. The van der Waals surface area contributed by atoms with E-state index in [0.717, 1.165) is 0 Å². The molecule has 3 aromatic rings. The quantitative estimate of drug-likeness (QED) is 0.591. The summed E-state index contributed by atoms with van der Waals surface area (Å²) in [7, 11) is -4.00. The van der Waals surface area contributed by atoms with Gasteiger partial charge in [0.15, 0.2) is 17.3 Å². The summed E-state index contributed by atoms with van der Waals surface area (Å²) in [5, 5.41) is 5.07. The van der Waals surface area contributed by atoms with Gasteiger partial charge in [-0.2, -0.15) is 0 Å². The molecule has 0 saturated heterocycles. The Bertz CT molecular complexity index is 1190. The summed E-state index contributed by atoms with van der Waals surface area (Å²) in [5.74, 6) is 0.171. The van der Waals surface area contributed by atoms with Crippen molar-refractivity contribution in [1.82, 2.24) is 0 Å². The fourth-order valence-corrected chi connectivity index (χ4v) is 4.29. The van der Waals surface area contributed by atoms with E-state index in [2.05, 4.69) is 0 Å². The van der Waals surface area contributed by atoms with Crippen LogP contribution < -0.4 is 14.6 Å². The third-order valence-electron chi connectivity index (χ3n) is 4.29. The van der Waals surface area contributed by atoms with Crippen LogP contribution in [-0.4, -0.2) is 15.2 Å². The zero-order chi connectivity index (χ0) is 20.1. The molecule has 0 fully saturated rings. The third kappa shape index (κ3) is 3.31. The second-order valence-corrected chi connectivity index (χ2v) is 8.39. The topological polar surface area (TPSA) is 78.6 Å². The van der Waals surface area contributed by atoms with Crippen molar-refractivity contribution in [2.45, 2.75) is 4.90 Å². The largest absolute Gasteiger partial charge is 0.454 e. The summed E-state index contributed by atoms with van der Waals surface area (Å²) >= 11 is 11.9. The average Bonchev–Trinajstić information content (AvgIpc) is 3.11. The first-order chi connectivity index (χ1) is 13.3. The molecule has 1 aliphatic heterocycles. The lowest BCUT2D eigenvalue weighted by Gasteiger charge is -2.15. The van der Waals surface area contributed by atoms with Gasteiger partial charge in [-0.3, -0.25) is 0 Å². The lowest BCUT2D eigenvalue weighted by molar-refractivity contribution is 0.174. The molecule has 0 atom stereocenters. The van der Waals surface area contributed by atoms with E-state index in [1.165, 1.54) is 18.2 Å². The molecule has 0 spiro atoms. The fourth-order valence-electron chi connectivity index (χ4n) is 3.05. The number of primary sulfonamides is 1. The minimum absolute atomic E-state index is 0.0278. The van der Waals surface area contributed by atoms with Crippen LogP contribution in [0.2, 0.25) is 10.0 Å². The van der Waals surface area contributed by atoms with E-state index in [0.29, 0.717) is 33.8 Å². The molecular formula is C19H12Cl2FNO4S. The Hall–Kier alpha value is -2.32. The van der Waals surface area contributed by atoms with Gasteiger partial charge in [-0.25, -0.2) is 17.9 Å². The van der Waals surface area contributed by atoms with Gasteiger partial charge in [0.1, 0.15) is 0 Å². The van der Waals surface area contributed by atoms with Crippen LogP contribution >= 0.6 is 23.2 Å². The van der Waals surface area contributed by atoms with Crippen LogP contribution in [0.5, 0.6) is 11.5 Å². The first-order valence-electron chi connectivity index (χ1n) is 7.96. The molecule has 0 radical (unpaired) electrons. The highest BCUT2D eigenvalue weighted by molar-refractivity contribution is 7.89. The molecule has 0 saturated carbocycles. The highest BCUT2D eigenvalue weighted by Crippen LogP contribution is 2.45. The maximum atomic E-state index is 13.9. The van der Waals surface area contributed by atoms with Gasteiger partial charge < -0.3 is 9.47 Å². The van der Waals surface area contributed by atoms with E-state index < -0.39 is 15.8 Å². The minimum atomic E-state index is -4.00. The average molecular weight is 440 g/mol. The van der Waals surface area contributed by atoms with Gasteiger partial charge in [-0.05, 0) is 47.0 Å². The Kier molecular flexibility index (Phi) is 4.71. The molecule has 0 amide bonds. The van der Waals surface area contributed by atoms with Crippen LogP contribution in [0.3, 0.4) is 0 Å². The number of hydrogen-bond donors (Lipinski definition) is 1. The molecule has 144 valence electrons. The number of fused-ring (bicyclic) bond motifs is 1. The number of ether oxygens (including phenoxy) is 2. The summed E-state index contributed by atoms with van der Waals surface area (Å²) in [4.78, 5) is -0.0607. The Labute approximate surface area is 170 Å². The molecule has 0 unspecified atom stereocenters. The van der Waals surface area contributed by atoms with Gasteiger partial charge in [0.05, 0.1) is 14.9 Å². The molecular weight excluding hydrogens is 428 g/mol. The van der Waals surface area contributed by atoms with Crippen molar-refractivity contribution in [3.05, 3.63) is 64.4 Å². The van der Waals surface area contributed by atoms with Crippen LogP contribution in [0.1, 0.15) is 0 Å². The Morgan fingerprint density at radius 1 is 0.893 bits per heavy atom. The molecule has 28 heavy (non-hydrogen) atoms. The van der Waals surface area contributed by atoms with Crippen molar-refractivity contribution in [2.24, 2.45) is 5.14 Å². The van der Waals surface area contributed by atoms with Crippen LogP contribution in [-0.2, 0) is 10.0 Å². The lowest BCUT2D eigenvalue weighted by atomic mass is 9.93. The number of halogens is 3. The summed E-state index contributed by atoms with van der Waals surface area (Å²) in [6.45, 7) is 0.0278. The van der Waals surface area contributed by atoms with E-state index in [4.69, 9.17) is 37.8 Å².